The van der Waals surface area contributed by atoms with Crippen LogP contribution in [0.25, 0.3) is 0 Å². The second-order valence-electron chi connectivity index (χ2n) is 9.58. The Morgan fingerprint density at radius 1 is 1.21 bits per heavy atom. The number of rotatable bonds is 1. The quantitative estimate of drug-likeness (QED) is 0.773. The van der Waals surface area contributed by atoms with E-state index in [-0.39, 0.29) is 29.0 Å². The molecule has 5 unspecified atom stereocenters. The minimum Gasteiger partial charge on any atom is -0.393 e. The molecule has 0 saturated heterocycles. The predicted octanol–water partition coefficient (Wildman–Crippen LogP) is 3.49. The van der Waals surface area contributed by atoms with Gasteiger partial charge >= 0.3 is 0 Å². The lowest BCUT2D eigenvalue weighted by molar-refractivity contribution is -0.119. The third-order valence-corrected chi connectivity index (χ3v) is 8.60. The van der Waals surface area contributed by atoms with Crippen molar-refractivity contribution >= 4 is 5.78 Å². The van der Waals surface area contributed by atoms with E-state index in [4.69, 9.17) is 0 Å². The number of hydrogen-bond acceptors (Lipinski definition) is 3. The topological polar surface area (TPSA) is 57.5 Å². The molecule has 0 heterocycles. The molecule has 4 rings (SSSR count). The van der Waals surface area contributed by atoms with Gasteiger partial charge in [0.15, 0.2) is 5.78 Å². The van der Waals surface area contributed by atoms with Crippen LogP contribution in [-0.2, 0) is 4.79 Å². The van der Waals surface area contributed by atoms with Crippen LogP contribution in [0.5, 0.6) is 0 Å². The van der Waals surface area contributed by atoms with Crippen LogP contribution in [0.2, 0.25) is 0 Å². The average molecular weight is 332 g/mol. The molecule has 0 aromatic rings. The van der Waals surface area contributed by atoms with Gasteiger partial charge < -0.3 is 10.2 Å². The second-order valence-corrected chi connectivity index (χ2v) is 9.58. The number of hydrogen-bond donors (Lipinski definition) is 2. The van der Waals surface area contributed by atoms with Gasteiger partial charge in [-0.2, -0.15) is 0 Å². The number of fused-ring (bicyclic) bond motifs is 5. The minimum absolute atomic E-state index is 0.0663. The summed E-state index contributed by atoms with van der Waals surface area (Å²) in [5, 5.41) is 21.2. The van der Waals surface area contributed by atoms with Crippen LogP contribution in [-0.4, -0.2) is 28.2 Å². The molecule has 0 aliphatic heterocycles. The number of carbonyl (C=O) groups is 1. The summed E-state index contributed by atoms with van der Waals surface area (Å²) in [6, 6.07) is 0. The molecule has 0 spiro atoms. The molecule has 0 amide bonds. The zero-order chi connectivity index (χ0) is 17.3. The zero-order valence-corrected chi connectivity index (χ0v) is 15.3. The van der Waals surface area contributed by atoms with Gasteiger partial charge in [-0.05, 0) is 86.0 Å². The van der Waals surface area contributed by atoms with Crippen molar-refractivity contribution in [1.82, 2.24) is 0 Å². The first kappa shape index (κ1) is 16.8. The molecule has 0 radical (unpaired) electrons. The highest BCUT2D eigenvalue weighted by atomic mass is 16.3. The van der Waals surface area contributed by atoms with E-state index in [0.29, 0.717) is 30.0 Å². The Balaban J connectivity index is 1.69. The number of aliphatic hydroxyl groups is 2. The molecule has 0 aromatic carbocycles. The summed E-state index contributed by atoms with van der Waals surface area (Å²) in [5.41, 5.74) is 1.60. The first-order chi connectivity index (χ1) is 11.3. The Hall–Kier alpha value is -0.670. The molecule has 3 fully saturated rings. The Morgan fingerprint density at radius 2 is 1.96 bits per heavy atom. The molecule has 24 heavy (non-hydrogen) atoms. The summed E-state index contributed by atoms with van der Waals surface area (Å²) in [7, 11) is 0. The van der Waals surface area contributed by atoms with Gasteiger partial charge in [-0.3, -0.25) is 4.79 Å². The lowest BCUT2D eigenvalue weighted by Crippen LogP contribution is -2.52. The highest BCUT2D eigenvalue weighted by molar-refractivity contribution is 5.91. The summed E-state index contributed by atoms with van der Waals surface area (Å²) in [6.45, 7) is 6.59. The Bertz CT molecular complexity index is 580. The molecule has 134 valence electrons. The minimum atomic E-state index is -0.340. The highest BCUT2D eigenvalue weighted by Gasteiger charge is 2.62. The second kappa shape index (κ2) is 5.41. The molecule has 2 N–H and O–H groups in total. The third kappa shape index (κ3) is 2.13. The van der Waals surface area contributed by atoms with E-state index in [0.717, 1.165) is 32.1 Å². The van der Waals surface area contributed by atoms with E-state index >= 15 is 0 Å². The van der Waals surface area contributed by atoms with Gasteiger partial charge in [-0.25, -0.2) is 0 Å². The summed E-state index contributed by atoms with van der Waals surface area (Å²) in [5.74, 6) is 1.96. The molecule has 0 bridgehead atoms. The van der Waals surface area contributed by atoms with Gasteiger partial charge in [0.2, 0.25) is 0 Å². The van der Waals surface area contributed by atoms with Gasteiger partial charge in [0.1, 0.15) is 0 Å². The summed E-state index contributed by atoms with van der Waals surface area (Å²) in [4.78, 5) is 11.9. The van der Waals surface area contributed by atoms with Gasteiger partial charge in [-0.15, -0.1) is 0 Å². The van der Waals surface area contributed by atoms with Gasteiger partial charge in [0.05, 0.1) is 12.2 Å². The highest BCUT2D eigenvalue weighted by Crippen LogP contribution is 2.66. The molecule has 3 heteroatoms. The molecular weight excluding hydrogens is 300 g/mol. The average Bonchev–Trinajstić information content (AvgIpc) is 2.80. The van der Waals surface area contributed by atoms with E-state index in [1.807, 2.05) is 13.0 Å². The van der Waals surface area contributed by atoms with Crippen LogP contribution in [0.1, 0.15) is 65.7 Å². The molecule has 4 aliphatic rings. The SMILES string of the molecule is C[C@H](O)C1CC(O)C2C3CCC4=CC(=O)CC[C@]4(C)C3CC[C@@]21C. The maximum atomic E-state index is 11.9. The summed E-state index contributed by atoms with van der Waals surface area (Å²) < 4.78 is 0. The fourth-order valence-electron chi connectivity index (χ4n) is 7.42. The van der Waals surface area contributed by atoms with E-state index in [1.165, 1.54) is 12.0 Å². The van der Waals surface area contributed by atoms with Crippen molar-refractivity contribution in [2.45, 2.75) is 77.9 Å². The standard InChI is InChI=1S/C21H32O3/c1-12(22)17-11-18(24)19-15-5-4-13-10-14(23)6-8-20(13,2)16(15)7-9-21(17,19)3/h10,12,15-19,22,24H,4-9,11H2,1-3H3/t12-,15?,16?,17?,18?,19?,20-,21+/m0/s1. The third-order valence-electron chi connectivity index (χ3n) is 8.60. The van der Waals surface area contributed by atoms with Crippen molar-refractivity contribution in [3.63, 3.8) is 0 Å². The van der Waals surface area contributed by atoms with Crippen molar-refractivity contribution in [2.24, 2.45) is 34.5 Å². The first-order valence-corrected chi connectivity index (χ1v) is 9.87. The van der Waals surface area contributed by atoms with Gasteiger partial charge in [0.25, 0.3) is 0 Å². The Kier molecular flexibility index (Phi) is 3.78. The number of ketones is 1. The zero-order valence-electron chi connectivity index (χ0n) is 15.3. The maximum absolute atomic E-state index is 11.9. The van der Waals surface area contributed by atoms with Crippen molar-refractivity contribution in [3.8, 4) is 0 Å². The Morgan fingerprint density at radius 3 is 2.67 bits per heavy atom. The van der Waals surface area contributed by atoms with E-state index in [2.05, 4.69) is 13.8 Å². The van der Waals surface area contributed by atoms with Crippen molar-refractivity contribution in [1.29, 1.82) is 0 Å². The number of allylic oxidation sites excluding steroid dienone is 1. The predicted molar refractivity (Wildman–Crippen MR) is 93.3 cm³/mol. The van der Waals surface area contributed by atoms with Crippen molar-refractivity contribution < 1.29 is 15.0 Å². The fraction of sp³-hybridized carbons (Fsp3) is 0.857. The van der Waals surface area contributed by atoms with Crippen molar-refractivity contribution in [2.75, 3.05) is 0 Å². The monoisotopic (exact) mass is 332 g/mol. The van der Waals surface area contributed by atoms with Crippen LogP contribution in [0, 0.1) is 34.5 Å². The summed E-state index contributed by atoms with van der Waals surface area (Å²) >= 11 is 0. The molecule has 8 atom stereocenters. The maximum Gasteiger partial charge on any atom is 0.155 e. The van der Waals surface area contributed by atoms with Crippen LogP contribution in [0.4, 0.5) is 0 Å². The molecule has 0 aromatic heterocycles. The van der Waals surface area contributed by atoms with Gasteiger partial charge in [-0.1, -0.05) is 19.4 Å². The van der Waals surface area contributed by atoms with Crippen LogP contribution in [0.15, 0.2) is 11.6 Å². The largest absolute Gasteiger partial charge is 0.393 e. The molecule has 4 aliphatic carbocycles. The molecule has 3 saturated carbocycles. The fourth-order valence-corrected chi connectivity index (χ4v) is 7.42. The van der Waals surface area contributed by atoms with Crippen LogP contribution >= 0.6 is 0 Å². The van der Waals surface area contributed by atoms with Crippen molar-refractivity contribution in [3.05, 3.63) is 11.6 Å². The molecular formula is C21H32O3. The lowest BCUT2D eigenvalue weighted by atomic mass is 9.46. The normalized spacial score (nSPS) is 52.1. The Labute approximate surface area is 145 Å². The van der Waals surface area contributed by atoms with Gasteiger partial charge in [0, 0.05) is 6.42 Å². The first-order valence-electron chi connectivity index (χ1n) is 9.87. The lowest BCUT2D eigenvalue weighted by Gasteiger charge is -2.58. The smallest absolute Gasteiger partial charge is 0.155 e. The summed E-state index contributed by atoms with van der Waals surface area (Å²) in [6.07, 6.45) is 8.14. The van der Waals surface area contributed by atoms with Crippen LogP contribution < -0.4 is 0 Å². The number of carbonyl (C=O) groups excluding carboxylic acids is 1. The van der Waals surface area contributed by atoms with Crippen LogP contribution in [0.3, 0.4) is 0 Å². The van der Waals surface area contributed by atoms with E-state index in [9.17, 15) is 15.0 Å². The molecule has 3 nitrogen and oxygen atoms in total. The number of aliphatic hydroxyl groups excluding tert-OH is 2. The van der Waals surface area contributed by atoms with E-state index in [1.54, 1.807) is 0 Å². The van der Waals surface area contributed by atoms with E-state index < -0.39 is 0 Å².